The van der Waals surface area contributed by atoms with Crippen molar-refractivity contribution < 1.29 is 19.0 Å². The van der Waals surface area contributed by atoms with Crippen LogP contribution < -0.4 is 9.47 Å². The van der Waals surface area contributed by atoms with E-state index >= 15 is 0 Å². The fourth-order valence-corrected chi connectivity index (χ4v) is 2.55. The molecule has 0 unspecified atom stereocenters. The van der Waals surface area contributed by atoms with Gasteiger partial charge in [0.05, 0.1) is 25.3 Å². The van der Waals surface area contributed by atoms with E-state index in [0.29, 0.717) is 34.5 Å². The molecule has 0 spiro atoms. The lowest BCUT2D eigenvalue weighted by molar-refractivity contribution is 0.342. The second-order valence-electron chi connectivity index (χ2n) is 4.94. The zero-order chi connectivity index (χ0) is 16.4. The third kappa shape index (κ3) is 3.03. The van der Waals surface area contributed by atoms with E-state index in [0.717, 1.165) is 10.9 Å². The van der Waals surface area contributed by atoms with E-state index in [2.05, 4.69) is 0 Å². The van der Waals surface area contributed by atoms with Crippen molar-refractivity contribution in [1.82, 2.24) is 0 Å². The largest absolute Gasteiger partial charge is 0.504 e. The fourth-order valence-electron chi connectivity index (χ4n) is 2.38. The van der Waals surface area contributed by atoms with Gasteiger partial charge in [-0.1, -0.05) is 11.6 Å². The maximum absolute atomic E-state index is 9.73. The first kappa shape index (κ1) is 15.4. The van der Waals surface area contributed by atoms with Crippen LogP contribution in [0.25, 0.3) is 22.3 Å². The van der Waals surface area contributed by atoms with Gasteiger partial charge in [0.15, 0.2) is 11.5 Å². The molecule has 1 heterocycles. The maximum Gasteiger partial charge on any atom is 0.364 e. The maximum atomic E-state index is 9.73. The number of phenolic OH excluding ortho intramolecular Hbond substituents is 1. The predicted molar refractivity (Wildman–Crippen MR) is 90.5 cm³/mol. The molecule has 1 aromatic heterocycles. The smallest absolute Gasteiger partial charge is 0.364 e. The van der Waals surface area contributed by atoms with Gasteiger partial charge in [0.2, 0.25) is 0 Å². The predicted octanol–water partition coefficient (Wildman–Crippen LogP) is 5.15. The van der Waals surface area contributed by atoms with Crippen molar-refractivity contribution in [2.75, 3.05) is 13.7 Å². The van der Waals surface area contributed by atoms with Crippen molar-refractivity contribution >= 4 is 22.6 Å². The van der Waals surface area contributed by atoms with Gasteiger partial charge in [-0.3, -0.25) is 0 Å². The second-order valence-corrected chi connectivity index (χ2v) is 5.37. The number of hydrogen-bond donors (Lipinski definition) is 1. The van der Waals surface area contributed by atoms with Crippen LogP contribution >= 0.6 is 11.6 Å². The summed E-state index contributed by atoms with van der Waals surface area (Å²) in [6, 6.07) is 12.2. The highest BCUT2D eigenvalue weighted by Crippen LogP contribution is 2.37. The van der Waals surface area contributed by atoms with Crippen LogP contribution in [0.1, 0.15) is 6.92 Å². The molecule has 0 saturated carbocycles. The van der Waals surface area contributed by atoms with E-state index in [-0.39, 0.29) is 5.75 Å². The summed E-state index contributed by atoms with van der Waals surface area (Å²) >= 11 is 6.06. The Morgan fingerprint density at radius 1 is 1.09 bits per heavy atom. The number of fused-ring (bicyclic) bond motifs is 1. The van der Waals surface area contributed by atoms with Gasteiger partial charge in [0.1, 0.15) is 11.1 Å². The number of phenols is 1. The van der Waals surface area contributed by atoms with Gasteiger partial charge in [-0.05, 0) is 31.2 Å². The number of methoxy groups -OCH3 is 1. The molecule has 0 bridgehead atoms. The molecule has 3 rings (SSSR count). The zero-order valence-corrected chi connectivity index (χ0v) is 13.6. The summed E-state index contributed by atoms with van der Waals surface area (Å²) in [5.41, 5.74) is 1.44. The molecule has 5 heteroatoms. The van der Waals surface area contributed by atoms with Crippen LogP contribution in [0.2, 0.25) is 5.02 Å². The quantitative estimate of drug-likeness (QED) is 0.672. The molecule has 1 N–H and O–H groups in total. The molecule has 0 atom stereocenters. The average Bonchev–Trinajstić information content (AvgIpc) is 2.56. The number of halogens is 1. The van der Waals surface area contributed by atoms with Crippen LogP contribution in [0, 0.1) is 0 Å². The number of aromatic hydroxyl groups is 1. The Morgan fingerprint density at radius 2 is 1.91 bits per heavy atom. The standard InChI is InChI=1S/C18H15ClO4/c1-3-22-17-10-16(11-4-6-14(20)18(8-11)21-2)23-15-7-5-12(19)9-13(15)17/h4-10H,3H2,1-2H3/p+1. The Labute approximate surface area is 138 Å². The summed E-state index contributed by atoms with van der Waals surface area (Å²) < 4.78 is 16.8. The van der Waals surface area contributed by atoms with E-state index in [9.17, 15) is 5.11 Å². The highest BCUT2D eigenvalue weighted by atomic mass is 35.5. The molecule has 4 nitrogen and oxygen atoms in total. The fraction of sp³-hybridized carbons (Fsp3) is 0.167. The minimum Gasteiger partial charge on any atom is -0.504 e. The molecule has 0 aliphatic carbocycles. The van der Waals surface area contributed by atoms with E-state index in [1.165, 1.54) is 7.11 Å². The van der Waals surface area contributed by atoms with Crippen molar-refractivity contribution in [2.24, 2.45) is 0 Å². The Bertz CT molecular complexity index is 861. The van der Waals surface area contributed by atoms with Crippen LogP contribution in [0.3, 0.4) is 0 Å². The van der Waals surface area contributed by atoms with Crippen molar-refractivity contribution in [3.05, 3.63) is 47.5 Å². The molecule has 0 fully saturated rings. The molecule has 23 heavy (non-hydrogen) atoms. The molecule has 0 aliphatic rings. The Morgan fingerprint density at radius 3 is 2.65 bits per heavy atom. The second kappa shape index (κ2) is 6.34. The Balaban J connectivity index is 2.20. The Hall–Kier alpha value is -2.46. The van der Waals surface area contributed by atoms with Crippen LogP contribution in [0.15, 0.2) is 46.9 Å². The first-order valence-corrected chi connectivity index (χ1v) is 7.56. The monoisotopic (exact) mass is 331 g/mol. The third-order valence-electron chi connectivity index (χ3n) is 3.45. The molecule has 0 radical (unpaired) electrons. The molecule has 0 amide bonds. The van der Waals surface area contributed by atoms with Gasteiger partial charge in [-0.2, -0.15) is 0 Å². The van der Waals surface area contributed by atoms with E-state index in [1.54, 1.807) is 30.3 Å². The number of ether oxygens (including phenoxy) is 2. The lowest BCUT2D eigenvalue weighted by Crippen LogP contribution is -1.93. The van der Waals surface area contributed by atoms with Crippen molar-refractivity contribution in [3.8, 4) is 28.6 Å². The molecular weight excluding hydrogens is 316 g/mol. The highest BCUT2D eigenvalue weighted by molar-refractivity contribution is 6.31. The van der Waals surface area contributed by atoms with E-state index in [4.69, 9.17) is 25.5 Å². The van der Waals surface area contributed by atoms with Crippen LogP contribution in [-0.2, 0) is 0 Å². The summed E-state index contributed by atoms with van der Waals surface area (Å²) in [6.07, 6.45) is 0. The van der Waals surface area contributed by atoms with Gasteiger partial charge in [-0.25, -0.2) is 4.42 Å². The SMILES string of the molecule is CCOc1cc(-c2ccc(O)c(OC)c2)[o+]c2ccc(Cl)cc12. The highest BCUT2D eigenvalue weighted by Gasteiger charge is 2.21. The Kier molecular flexibility index (Phi) is 4.26. The first-order chi connectivity index (χ1) is 11.1. The van der Waals surface area contributed by atoms with Gasteiger partial charge < -0.3 is 14.6 Å². The minimum absolute atomic E-state index is 0.0776. The van der Waals surface area contributed by atoms with Crippen LogP contribution in [0.5, 0.6) is 17.2 Å². The summed E-state index contributed by atoms with van der Waals surface area (Å²) in [4.78, 5) is 0. The average molecular weight is 332 g/mol. The van der Waals surface area contributed by atoms with Gasteiger partial charge >= 0.3 is 11.3 Å². The van der Waals surface area contributed by atoms with Gasteiger partial charge in [0, 0.05) is 17.2 Å². The zero-order valence-electron chi connectivity index (χ0n) is 12.8. The molecule has 2 aromatic carbocycles. The molecule has 0 saturated heterocycles. The van der Waals surface area contributed by atoms with E-state index < -0.39 is 0 Å². The van der Waals surface area contributed by atoms with Crippen LogP contribution in [-0.4, -0.2) is 18.8 Å². The topological polar surface area (TPSA) is 50.0 Å². The minimum atomic E-state index is 0.0776. The van der Waals surface area contributed by atoms with Crippen LogP contribution in [0.4, 0.5) is 0 Å². The first-order valence-electron chi connectivity index (χ1n) is 7.19. The molecule has 118 valence electrons. The summed E-state index contributed by atoms with van der Waals surface area (Å²) in [6.45, 7) is 2.45. The van der Waals surface area contributed by atoms with Gasteiger partial charge in [0.25, 0.3) is 0 Å². The van der Waals surface area contributed by atoms with E-state index in [1.807, 2.05) is 19.1 Å². The summed E-state index contributed by atoms with van der Waals surface area (Å²) in [5.74, 6) is 1.76. The summed E-state index contributed by atoms with van der Waals surface area (Å²) in [7, 11) is 1.50. The number of rotatable bonds is 4. The molecule has 3 aromatic rings. The van der Waals surface area contributed by atoms with Crippen molar-refractivity contribution in [2.45, 2.75) is 6.92 Å². The van der Waals surface area contributed by atoms with Gasteiger partial charge in [-0.15, -0.1) is 0 Å². The molecule has 0 aliphatic heterocycles. The molecular formula is C18H16ClO4+. The van der Waals surface area contributed by atoms with Crippen molar-refractivity contribution in [1.29, 1.82) is 0 Å². The number of benzene rings is 2. The normalized spacial score (nSPS) is 10.7. The number of hydrogen-bond acceptors (Lipinski definition) is 3. The lowest BCUT2D eigenvalue weighted by Gasteiger charge is -2.06. The van der Waals surface area contributed by atoms with Crippen molar-refractivity contribution in [3.63, 3.8) is 0 Å². The summed E-state index contributed by atoms with van der Waals surface area (Å²) in [5, 5.41) is 11.2. The lowest BCUT2D eigenvalue weighted by atomic mass is 10.1. The third-order valence-corrected chi connectivity index (χ3v) is 3.69.